The number of carbonyl (C=O) groups is 2. The van der Waals surface area contributed by atoms with Gasteiger partial charge in [-0.05, 0) is 87.6 Å². The standard InChI is InChI=1S/C32H38BrN3O4S/c1-22-15-17-29(18-16-22)41(39,40)36(30-14-7-9-23(2)24(30)3)21-31(37)35(20-26-10-8-11-27(33)19-26)25(4)32(38)34-28-12-5-6-13-28/h7-11,14-19,25,28H,5-6,12-13,20-21H2,1-4H3,(H,34,38)/t25-/m0/s1. The minimum atomic E-state index is -4.11. The van der Waals surface area contributed by atoms with E-state index in [2.05, 4.69) is 21.2 Å². The van der Waals surface area contributed by atoms with E-state index in [9.17, 15) is 18.0 Å². The summed E-state index contributed by atoms with van der Waals surface area (Å²) in [7, 11) is -4.11. The van der Waals surface area contributed by atoms with Crippen molar-refractivity contribution in [3.8, 4) is 0 Å². The minimum Gasteiger partial charge on any atom is -0.352 e. The van der Waals surface area contributed by atoms with Gasteiger partial charge in [-0.3, -0.25) is 13.9 Å². The molecule has 4 rings (SSSR count). The molecule has 1 fully saturated rings. The second kappa shape index (κ2) is 13.2. The molecule has 218 valence electrons. The van der Waals surface area contributed by atoms with Gasteiger partial charge in [0.2, 0.25) is 11.8 Å². The van der Waals surface area contributed by atoms with E-state index in [0.29, 0.717) is 5.69 Å². The fraction of sp³-hybridized carbons (Fsp3) is 0.375. The number of carbonyl (C=O) groups excluding carboxylic acids is 2. The van der Waals surface area contributed by atoms with Crippen LogP contribution in [0.25, 0.3) is 0 Å². The average Bonchev–Trinajstić information content (AvgIpc) is 3.45. The van der Waals surface area contributed by atoms with Crippen LogP contribution in [-0.4, -0.2) is 43.8 Å². The first-order valence-electron chi connectivity index (χ1n) is 14.0. The number of rotatable bonds is 10. The zero-order valence-corrected chi connectivity index (χ0v) is 26.5. The van der Waals surface area contributed by atoms with Gasteiger partial charge in [-0.15, -0.1) is 0 Å². The highest BCUT2D eigenvalue weighted by Gasteiger charge is 2.34. The first-order valence-corrected chi connectivity index (χ1v) is 16.2. The van der Waals surface area contributed by atoms with Gasteiger partial charge in [-0.1, -0.05) is 70.7 Å². The number of hydrogen-bond acceptors (Lipinski definition) is 4. The van der Waals surface area contributed by atoms with Gasteiger partial charge in [0.15, 0.2) is 0 Å². The van der Waals surface area contributed by atoms with E-state index in [1.54, 1.807) is 43.3 Å². The molecule has 0 bridgehead atoms. The van der Waals surface area contributed by atoms with Crippen LogP contribution in [0.15, 0.2) is 76.1 Å². The normalized spacial score (nSPS) is 14.5. The van der Waals surface area contributed by atoms with Gasteiger partial charge >= 0.3 is 0 Å². The molecule has 1 aliphatic rings. The molecule has 41 heavy (non-hydrogen) atoms. The predicted molar refractivity (Wildman–Crippen MR) is 166 cm³/mol. The highest BCUT2D eigenvalue weighted by molar-refractivity contribution is 9.10. The third-order valence-electron chi connectivity index (χ3n) is 7.84. The Morgan fingerprint density at radius 1 is 0.976 bits per heavy atom. The number of benzene rings is 3. The number of halogens is 1. The second-order valence-corrected chi connectivity index (χ2v) is 13.6. The first-order chi connectivity index (χ1) is 19.5. The highest BCUT2D eigenvalue weighted by atomic mass is 79.9. The van der Waals surface area contributed by atoms with E-state index < -0.39 is 28.5 Å². The summed E-state index contributed by atoms with van der Waals surface area (Å²) in [6.45, 7) is 7.06. The number of nitrogens with one attached hydrogen (secondary N) is 1. The van der Waals surface area contributed by atoms with Crippen LogP contribution >= 0.6 is 15.9 Å². The van der Waals surface area contributed by atoms with Crippen molar-refractivity contribution in [2.45, 2.75) is 76.9 Å². The Balaban J connectivity index is 1.72. The van der Waals surface area contributed by atoms with Crippen LogP contribution in [0.4, 0.5) is 5.69 Å². The van der Waals surface area contributed by atoms with Crippen molar-refractivity contribution in [2.75, 3.05) is 10.8 Å². The van der Waals surface area contributed by atoms with E-state index in [-0.39, 0.29) is 23.4 Å². The van der Waals surface area contributed by atoms with Crippen molar-refractivity contribution < 1.29 is 18.0 Å². The molecule has 0 aliphatic heterocycles. The van der Waals surface area contributed by atoms with Crippen LogP contribution in [-0.2, 0) is 26.2 Å². The van der Waals surface area contributed by atoms with Gasteiger partial charge in [0, 0.05) is 17.1 Å². The van der Waals surface area contributed by atoms with Crippen LogP contribution in [0.2, 0.25) is 0 Å². The molecule has 0 aromatic heterocycles. The van der Waals surface area contributed by atoms with Crippen molar-refractivity contribution in [1.82, 2.24) is 10.2 Å². The van der Waals surface area contributed by atoms with Crippen LogP contribution < -0.4 is 9.62 Å². The molecule has 7 nitrogen and oxygen atoms in total. The Morgan fingerprint density at radius 3 is 2.29 bits per heavy atom. The molecule has 0 saturated heterocycles. The Labute approximate surface area is 252 Å². The molecule has 9 heteroatoms. The van der Waals surface area contributed by atoms with Crippen molar-refractivity contribution in [3.63, 3.8) is 0 Å². The van der Waals surface area contributed by atoms with Crippen LogP contribution in [0.3, 0.4) is 0 Å². The van der Waals surface area contributed by atoms with Crippen molar-refractivity contribution in [1.29, 1.82) is 0 Å². The molecule has 0 spiro atoms. The van der Waals surface area contributed by atoms with Gasteiger partial charge in [-0.2, -0.15) is 0 Å². The third kappa shape index (κ3) is 7.38. The summed E-state index contributed by atoms with van der Waals surface area (Å²) in [5, 5.41) is 3.10. The summed E-state index contributed by atoms with van der Waals surface area (Å²) in [5.41, 5.74) is 3.87. The van der Waals surface area contributed by atoms with Crippen molar-refractivity contribution in [2.24, 2.45) is 0 Å². The molecule has 1 N–H and O–H groups in total. The SMILES string of the molecule is Cc1ccc(S(=O)(=O)N(CC(=O)N(Cc2cccc(Br)c2)[C@@H](C)C(=O)NC2CCCC2)c2cccc(C)c2C)cc1. The van der Waals surface area contributed by atoms with E-state index in [1.807, 2.05) is 51.1 Å². The molecule has 3 aromatic rings. The number of hydrogen-bond donors (Lipinski definition) is 1. The number of aryl methyl sites for hydroxylation is 2. The molecule has 0 radical (unpaired) electrons. The summed E-state index contributed by atoms with van der Waals surface area (Å²) >= 11 is 3.49. The van der Waals surface area contributed by atoms with Crippen LogP contribution in [0.1, 0.15) is 54.9 Å². The van der Waals surface area contributed by atoms with Crippen LogP contribution in [0.5, 0.6) is 0 Å². The molecule has 1 aliphatic carbocycles. The third-order valence-corrected chi connectivity index (χ3v) is 10.1. The summed E-state index contributed by atoms with van der Waals surface area (Å²) in [6, 6.07) is 18.9. The largest absolute Gasteiger partial charge is 0.352 e. The zero-order valence-electron chi connectivity index (χ0n) is 24.1. The summed E-state index contributed by atoms with van der Waals surface area (Å²) in [4.78, 5) is 29.1. The van der Waals surface area contributed by atoms with Gasteiger partial charge in [0.05, 0.1) is 10.6 Å². The number of nitrogens with zero attached hydrogens (tertiary/aromatic N) is 2. The fourth-order valence-electron chi connectivity index (χ4n) is 5.16. The van der Waals surface area contributed by atoms with E-state index >= 15 is 0 Å². The smallest absolute Gasteiger partial charge is 0.264 e. The van der Waals surface area contributed by atoms with Gasteiger partial charge in [0.25, 0.3) is 10.0 Å². The van der Waals surface area contributed by atoms with E-state index in [0.717, 1.165) is 52.4 Å². The summed E-state index contributed by atoms with van der Waals surface area (Å²) in [5.74, 6) is -0.699. The predicted octanol–water partition coefficient (Wildman–Crippen LogP) is 6.05. The number of anilines is 1. The lowest BCUT2D eigenvalue weighted by molar-refractivity contribution is -0.139. The zero-order chi connectivity index (χ0) is 29.7. The average molecular weight is 641 g/mol. The lowest BCUT2D eigenvalue weighted by atomic mass is 10.1. The topological polar surface area (TPSA) is 86.8 Å². The minimum absolute atomic E-state index is 0.0983. The summed E-state index contributed by atoms with van der Waals surface area (Å²) in [6.07, 6.45) is 3.99. The Kier molecular flexibility index (Phi) is 9.92. The van der Waals surface area contributed by atoms with Gasteiger partial charge < -0.3 is 10.2 Å². The first kappa shape index (κ1) is 30.8. The Morgan fingerprint density at radius 2 is 1.63 bits per heavy atom. The molecule has 3 aromatic carbocycles. The lowest BCUT2D eigenvalue weighted by Crippen LogP contribution is -2.52. The molecule has 0 unspecified atom stereocenters. The fourth-order valence-corrected chi connectivity index (χ4v) is 7.08. The molecule has 1 saturated carbocycles. The van der Waals surface area contributed by atoms with Crippen LogP contribution in [0, 0.1) is 20.8 Å². The monoisotopic (exact) mass is 639 g/mol. The van der Waals surface area contributed by atoms with Gasteiger partial charge in [0.1, 0.15) is 12.6 Å². The molecular weight excluding hydrogens is 602 g/mol. The van der Waals surface area contributed by atoms with Crippen molar-refractivity contribution >= 4 is 43.5 Å². The number of amides is 2. The highest BCUT2D eigenvalue weighted by Crippen LogP contribution is 2.29. The molecule has 1 atom stereocenters. The Hall–Kier alpha value is -3.17. The maximum absolute atomic E-state index is 14.2. The van der Waals surface area contributed by atoms with E-state index in [1.165, 1.54) is 9.21 Å². The van der Waals surface area contributed by atoms with E-state index in [4.69, 9.17) is 0 Å². The van der Waals surface area contributed by atoms with Gasteiger partial charge in [-0.25, -0.2) is 8.42 Å². The molecule has 2 amide bonds. The maximum Gasteiger partial charge on any atom is 0.264 e. The van der Waals surface area contributed by atoms with Crippen molar-refractivity contribution in [3.05, 3.63) is 93.5 Å². The lowest BCUT2D eigenvalue weighted by Gasteiger charge is -2.33. The molecule has 0 heterocycles. The Bertz CT molecular complexity index is 1500. The number of sulfonamides is 1. The quantitative estimate of drug-likeness (QED) is 0.293. The maximum atomic E-state index is 14.2. The summed E-state index contributed by atoms with van der Waals surface area (Å²) < 4.78 is 30.2. The second-order valence-electron chi connectivity index (χ2n) is 10.9. The molecular formula is C32H38BrN3O4S.